The summed E-state index contributed by atoms with van der Waals surface area (Å²) in [6.07, 6.45) is 5.68. The van der Waals surface area contributed by atoms with Gasteiger partial charge in [0.05, 0.1) is 0 Å². The van der Waals surface area contributed by atoms with Gasteiger partial charge in [-0.1, -0.05) is 11.8 Å². The lowest BCUT2D eigenvalue weighted by molar-refractivity contribution is 0.786. The highest BCUT2D eigenvalue weighted by Crippen LogP contribution is 2.27. The van der Waals surface area contributed by atoms with Gasteiger partial charge in [-0.05, 0) is 24.9 Å². The molecule has 0 unspecified atom stereocenters. The van der Waals surface area contributed by atoms with Gasteiger partial charge in [0, 0.05) is 32.1 Å². The Hall–Kier alpha value is -1.21. The lowest BCUT2D eigenvalue weighted by Crippen LogP contribution is -2.02. The molecule has 0 aromatic carbocycles. The molecule has 2 rings (SSSR count). The average molecular weight is 281 g/mol. The summed E-state index contributed by atoms with van der Waals surface area (Å²) in [7, 11) is 1.97. The molecule has 0 aliphatic carbocycles. The minimum atomic E-state index is 0.769. The van der Waals surface area contributed by atoms with Crippen molar-refractivity contribution in [3.8, 4) is 0 Å². The lowest BCUT2D eigenvalue weighted by Gasteiger charge is -2.07. The second-order valence-electron chi connectivity index (χ2n) is 3.53. The van der Waals surface area contributed by atoms with Gasteiger partial charge in [0.25, 0.3) is 0 Å². The summed E-state index contributed by atoms with van der Waals surface area (Å²) in [6.45, 7) is 2.89. The van der Waals surface area contributed by atoms with Gasteiger partial charge in [-0.25, -0.2) is 15.0 Å². The number of thioether (sulfide) groups is 1. The van der Waals surface area contributed by atoms with E-state index in [1.54, 1.807) is 6.20 Å². The van der Waals surface area contributed by atoms with Gasteiger partial charge in [-0.3, -0.25) is 0 Å². The maximum atomic E-state index is 4.47. The normalized spacial score (nSPS) is 10.6. The number of rotatable bonds is 5. The fourth-order valence-electron chi connectivity index (χ4n) is 1.36. The number of hydrogen-bond acceptors (Lipinski definition) is 6. The molecule has 96 valence electrons. The predicted octanol–water partition coefficient (Wildman–Crippen LogP) is 2.52. The third kappa shape index (κ3) is 3.17. The zero-order valence-corrected chi connectivity index (χ0v) is 12.2. The minimum absolute atomic E-state index is 0.769. The molecule has 0 spiro atoms. The van der Waals surface area contributed by atoms with E-state index < -0.39 is 0 Å². The molecule has 0 saturated heterocycles. The van der Waals surface area contributed by atoms with Gasteiger partial charge in [-0.2, -0.15) is 0 Å². The number of nitrogens with one attached hydrogen (secondary N) is 1. The van der Waals surface area contributed by atoms with Crippen LogP contribution in [0.4, 0.5) is 5.82 Å². The van der Waals surface area contributed by atoms with E-state index in [4.69, 9.17) is 0 Å². The topological polar surface area (TPSA) is 55.6 Å². The number of anilines is 1. The molecular weight excluding hydrogens is 266 g/mol. The molecule has 0 aliphatic rings. The number of imidazole rings is 1. The van der Waals surface area contributed by atoms with E-state index in [0.29, 0.717) is 0 Å². The van der Waals surface area contributed by atoms with Gasteiger partial charge in [-0.15, -0.1) is 0 Å². The van der Waals surface area contributed by atoms with Gasteiger partial charge >= 0.3 is 0 Å². The van der Waals surface area contributed by atoms with Crippen LogP contribution in [0.25, 0.3) is 0 Å². The molecular formula is C11H15N5S2. The van der Waals surface area contributed by atoms with Crippen molar-refractivity contribution < 1.29 is 0 Å². The highest BCUT2D eigenvalue weighted by molar-refractivity contribution is 7.99. The van der Waals surface area contributed by atoms with Crippen LogP contribution in [0.2, 0.25) is 0 Å². The number of aromatic nitrogens is 4. The van der Waals surface area contributed by atoms with Crippen LogP contribution in [0.3, 0.4) is 0 Å². The first-order valence-corrected chi connectivity index (χ1v) is 7.59. The fraction of sp³-hybridized carbons (Fsp3) is 0.364. The smallest absolute Gasteiger partial charge is 0.190 e. The summed E-state index contributed by atoms with van der Waals surface area (Å²) in [5, 5.41) is 5.80. The second kappa shape index (κ2) is 6.10. The molecule has 18 heavy (non-hydrogen) atoms. The quantitative estimate of drug-likeness (QED) is 0.516. The highest BCUT2D eigenvalue weighted by atomic mass is 32.2. The molecule has 0 fully saturated rings. The Labute approximate surface area is 115 Å². The van der Waals surface area contributed by atoms with Crippen LogP contribution < -0.4 is 5.32 Å². The second-order valence-corrected chi connectivity index (χ2v) is 5.29. The first kappa shape index (κ1) is 13.2. The molecule has 1 N–H and O–H groups in total. The molecule has 2 aromatic rings. The largest absolute Gasteiger partial charge is 0.370 e. The number of nitrogens with zero attached hydrogens (tertiary/aromatic N) is 4. The van der Waals surface area contributed by atoms with Crippen LogP contribution in [0.15, 0.2) is 33.8 Å². The molecule has 5 nitrogen and oxygen atoms in total. The van der Waals surface area contributed by atoms with Gasteiger partial charge < -0.3 is 9.88 Å². The van der Waals surface area contributed by atoms with Crippen LogP contribution in [0, 0.1) is 0 Å². The van der Waals surface area contributed by atoms with Crippen molar-refractivity contribution in [2.45, 2.75) is 22.3 Å². The summed E-state index contributed by atoms with van der Waals surface area (Å²) < 4.78 is 1.97. The van der Waals surface area contributed by atoms with Crippen LogP contribution in [-0.2, 0) is 7.05 Å². The van der Waals surface area contributed by atoms with Crippen molar-refractivity contribution in [1.29, 1.82) is 0 Å². The summed E-state index contributed by atoms with van der Waals surface area (Å²) in [4.78, 5) is 13.1. The zero-order chi connectivity index (χ0) is 13.0. The molecule has 2 aromatic heterocycles. The van der Waals surface area contributed by atoms with Gasteiger partial charge in [0.15, 0.2) is 10.3 Å². The monoisotopic (exact) mass is 281 g/mol. The third-order valence-electron chi connectivity index (χ3n) is 2.20. The lowest BCUT2D eigenvalue weighted by atomic mass is 10.5. The Kier molecular flexibility index (Phi) is 4.48. The van der Waals surface area contributed by atoms with Crippen molar-refractivity contribution in [2.75, 3.05) is 18.1 Å². The van der Waals surface area contributed by atoms with E-state index in [2.05, 4.69) is 20.3 Å². The Balaban J connectivity index is 2.26. The summed E-state index contributed by atoms with van der Waals surface area (Å²) in [5.41, 5.74) is 0. The van der Waals surface area contributed by atoms with Crippen molar-refractivity contribution in [2.24, 2.45) is 7.05 Å². The number of aryl methyl sites for hydroxylation is 1. The third-order valence-corrected chi connectivity index (χ3v) is 3.74. The van der Waals surface area contributed by atoms with Crippen LogP contribution >= 0.6 is 23.5 Å². The summed E-state index contributed by atoms with van der Waals surface area (Å²) in [6, 6.07) is 1.95. The van der Waals surface area contributed by atoms with Crippen molar-refractivity contribution >= 4 is 29.3 Å². The van der Waals surface area contributed by atoms with Crippen LogP contribution in [0.1, 0.15) is 6.92 Å². The summed E-state index contributed by atoms with van der Waals surface area (Å²) >= 11 is 3.07. The average Bonchev–Trinajstić information content (AvgIpc) is 2.75. The van der Waals surface area contributed by atoms with E-state index in [1.165, 1.54) is 23.5 Å². The Bertz CT molecular complexity index is 526. The van der Waals surface area contributed by atoms with E-state index in [1.807, 2.05) is 37.1 Å². The molecule has 0 amide bonds. The standard InChI is InChI=1S/C11H15N5S2/c1-4-12-8-7-9(15-10(14-8)17-3)18-11-13-5-6-16(11)2/h5-7H,4H2,1-3H3,(H,12,14,15). The van der Waals surface area contributed by atoms with E-state index in [0.717, 1.165) is 27.7 Å². The highest BCUT2D eigenvalue weighted by Gasteiger charge is 2.08. The van der Waals surface area contributed by atoms with Gasteiger partial charge in [0.2, 0.25) is 0 Å². The van der Waals surface area contributed by atoms with Crippen molar-refractivity contribution in [3.63, 3.8) is 0 Å². The molecule has 0 bridgehead atoms. The molecule has 7 heteroatoms. The first-order chi connectivity index (χ1) is 8.72. The zero-order valence-electron chi connectivity index (χ0n) is 10.5. The number of hydrogen-bond donors (Lipinski definition) is 1. The van der Waals surface area contributed by atoms with E-state index >= 15 is 0 Å². The maximum Gasteiger partial charge on any atom is 0.190 e. The van der Waals surface area contributed by atoms with Gasteiger partial charge in [0.1, 0.15) is 10.8 Å². The van der Waals surface area contributed by atoms with E-state index in [-0.39, 0.29) is 0 Å². The van der Waals surface area contributed by atoms with Crippen molar-refractivity contribution in [3.05, 3.63) is 18.5 Å². The molecule has 0 aliphatic heterocycles. The van der Waals surface area contributed by atoms with Crippen LogP contribution in [-0.4, -0.2) is 32.3 Å². The molecule has 0 saturated carbocycles. The maximum absolute atomic E-state index is 4.47. The summed E-state index contributed by atoms with van der Waals surface area (Å²) in [5.74, 6) is 0.855. The Morgan fingerprint density at radius 1 is 1.39 bits per heavy atom. The van der Waals surface area contributed by atoms with Crippen molar-refractivity contribution in [1.82, 2.24) is 19.5 Å². The fourth-order valence-corrected chi connectivity index (χ4v) is 2.61. The molecule has 0 radical (unpaired) electrons. The molecule has 2 heterocycles. The predicted molar refractivity (Wildman–Crippen MR) is 75.3 cm³/mol. The SMILES string of the molecule is CCNc1cc(Sc2nccn2C)nc(SC)n1. The van der Waals surface area contributed by atoms with E-state index in [9.17, 15) is 0 Å². The Morgan fingerprint density at radius 3 is 2.83 bits per heavy atom. The molecule has 0 atom stereocenters. The van der Waals surface area contributed by atoms with Crippen LogP contribution in [0.5, 0.6) is 0 Å². The Morgan fingerprint density at radius 2 is 2.22 bits per heavy atom. The minimum Gasteiger partial charge on any atom is -0.370 e. The first-order valence-electron chi connectivity index (χ1n) is 5.55.